The number of aliphatic carboxylic acids is 1. The van der Waals surface area contributed by atoms with E-state index in [-0.39, 0.29) is 17.5 Å². The number of nitrogens with one attached hydrogen (secondary N) is 1. The molecule has 0 saturated carbocycles. The molecule has 1 aromatic rings. The van der Waals surface area contributed by atoms with E-state index in [2.05, 4.69) is 11.9 Å². The number of carboxylic acid groups (broad SMARTS) is 1. The molecule has 0 aromatic heterocycles. The minimum absolute atomic E-state index is 0.00709. The van der Waals surface area contributed by atoms with Crippen molar-refractivity contribution in [3.63, 3.8) is 0 Å². The predicted molar refractivity (Wildman–Crippen MR) is 69.7 cm³/mol. The predicted octanol–water partition coefficient (Wildman–Crippen LogP) is 2.77. The van der Waals surface area contributed by atoms with Crippen molar-refractivity contribution in [3.05, 3.63) is 48.0 Å². The fourth-order valence-corrected chi connectivity index (χ4v) is 1.60. The van der Waals surface area contributed by atoms with Crippen molar-refractivity contribution in [1.82, 2.24) is 5.32 Å². The Kier molecular flexibility index (Phi) is 5.83. The number of benzene rings is 1. The third-order valence-corrected chi connectivity index (χ3v) is 2.66. The molecule has 2 N–H and O–H groups in total. The van der Waals surface area contributed by atoms with Crippen molar-refractivity contribution in [2.45, 2.75) is 25.3 Å². The normalized spacial score (nSPS) is 11.9. The van der Waals surface area contributed by atoms with E-state index >= 15 is 0 Å². The Morgan fingerprint density at radius 2 is 2.10 bits per heavy atom. The summed E-state index contributed by atoms with van der Waals surface area (Å²) >= 11 is 0. The summed E-state index contributed by atoms with van der Waals surface area (Å²) in [5.74, 6) is -1.87. The SMILES string of the molecule is C=CCCC(NC(=O)c1cccc(C(F)F)c1)C(=O)O. The highest BCUT2D eigenvalue weighted by Crippen LogP contribution is 2.19. The maximum absolute atomic E-state index is 12.5. The van der Waals surface area contributed by atoms with Crippen LogP contribution in [0.15, 0.2) is 36.9 Å². The molecule has 1 unspecified atom stereocenters. The van der Waals surface area contributed by atoms with E-state index < -0.39 is 24.3 Å². The monoisotopic (exact) mass is 283 g/mol. The van der Waals surface area contributed by atoms with Gasteiger partial charge in [-0.05, 0) is 25.0 Å². The summed E-state index contributed by atoms with van der Waals surface area (Å²) in [5.41, 5.74) is -0.275. The number of carbonyl (C=O) groups is 2. The van der Waals surface area contributed by atoms with Crippen molar-refractivity contribution in [1.29, 1.82) is 0 Å². The summed E-state index contributed by atoms with van der Waals surface area (Å²) in [4.78, 5) is 22.8. The van der Waals surface area contributed by atoms with E-state index in [1.807, 2.05) is 0 Å². The maximum atomic E-state index is 12.5. The van der Waals surface area contributed by atoms with Gasteiger partial charge in [0.15, 0.2) is 0 Å². The molecule has 0 fully saturated rings. The number of carboxylic acids is 1. The van der Waals surface area contributed by atoms with Gasteiger partial charge < -0.3 is 10.4 Å². The zero-order valence-corrected chi connectivity index (χ0v) is 10.7. The lowest BCUT2D eigenvalue weighted by molar-refractivity contribution is -0.139. The molecule has 0 radical (unpaired) electrons. The van der Waals surface area contributed by atoms with Gasteiger partial charge >= 0.3 is 5.97 Å². The largest absolute Gasteiger partial charge is 0.480 e. The highest BCUT2D eigenvalue weighted by Gasteiger charge is 2.20. The minimum atomic E-state index is -2.68. The number of rotatable bonds is 7. The summed E-state index contributed by atoms with van der Waals surface area (Å²) in [7, 11) is 0. The van der Waals surface area contributed by atoms with Crippen LogP contribution < -0.4 is 5.32 Å². The van der Waals surface area contributed by atoms with E-state index in [0.29, 0.717) is 6.42 Å². The summed E-state index contributed by atoms with van der Waals surface area (Å²) in [6.45, 7) is 3.47. The van der Waals surface area contributed by atoms with E-state index in [4.69, 9.17) is 5.11 Å². The lowest BCUT2D eigenvalue weighted by Gasteiger charge is -2.14. The van der Waals surface area contributed by atoms with Gasteiger partial charge in [-0.2, -0.15) is 0 Å². The Balaban J connectivity index is 2.80. The molecule has 0 spiro atoms. The van der Waals surface area contributed by atoms with Gasteiger partial charge in [0.25, 0.3) is 12.3 Å². The zero-order valence-electron chi connectivity index (χ0n) is 10.7. The first kappa shape index (κ1) is 15.8. The molecule has 6 heteroatoms. The second kappa shape index (κ2) is 7.37. The summed E-state index contributed by atoms with van der Waals surface area (Å²) in [6, 6.07) is 3.86. The van der Waals surface area contributed by atoms with Crippen molar-refractivity contribution >= 4 is 11.9 Å². The van der Waals surface area contributed by atoms with Crippen LogP contribution in [0, 0.1) is 0 Å². The molecule has 4 nitrogen and oxygen atoms in total. The second-order valence-electron chi connectivity index (χ2n) is 4.16. The topological polar surface area (TPSA) is 66.4 Å². The summed E-state index contributed by atoms with van der Waals surface area (Å²) in [5, 5.41) is 11.3. The lowest BCUT2D eigenvalue weighted by Crippen LogP contribution is -2.40. The molecular formula is C14H15F2NO3. The quantitative estimate of drug-likeness (QED) is 0.756. The zero-order chi connectivity index (χ0) is 15.1. The Hall–Kier alpha value is -2.24. The number of allylic oxidation sites excluding steroid dienone is 1. The average molecular weight is 283 g/mol. The van der Waals surface area contributed by atoms with Crippen LogP contribution in [0.2, 0.25) is 0 Å². The molecular weight excluding hydrogens is 268 g/mol. The van der Waals surface area contributed by atoms with Gasteiger partial charge in [-0.1, -0.05) is 18.2 Å². The molecule has 0 aliphatic heterocycles. The molecule has 0 aliphatic carbocycles. The molecule has 0 heterocycles. The molecule has 0 saturated heterocycles. The lowest BCUT2D eigenvalue weighted by atomic mass is 10.1. The minimum Gasteiger partial charge on any atom is -0.480 e. The van der Waals surface area contributed by atoms with Gasteiger partial charge in [-0.3, -0.25) is 4.79 Å². The summed E-state index contributed by atoms with van der Waals surface area (Å²) in [6.07, 6.45) is -0.522. The van der Waals surface area contributed by atoms with E-state index in [1.165, 1.54) is 18.2 Å². The Labute approximate surface area is 115 Å². The van der Waals surface area contributed by atoms with Crippen LogP contribution in [0.25, 0.3) is 0 Å². The molecule has 0 bridgehead atoms. The van der Waals surface area contributed by atoms with Gasteiger partial charge in [0.1, 0.15) is 6.04 Å². The standard InChI is InChI=1S/C14H15F2NO3/c1-2-3-7-11(14(19)20)17-13(18)10-6-4-5-9(8-10)12(15)16/h2,4-6,8,11-12H,1,3,7H2,(H,17,18)(H,19,20). The van der Waals surface area contributed by atoms with Crippen LogP contribution in [0.4, 0.5) is 8.78 Å². The molecule has 1 aromatic carbocycles. The number of hydrogen-bond donors (Lipinski definition) is 2. The number of amides is 1. The first-order valence-corrected chi connectivity index (χ1v) is 5.98. The first-order chi connectivity index (χ1) is 9.45. The molecule has 0 aliphatic rings. The third-order valence-electron chi connectivity index (χ3n) is 2.66. The Morgan fingerprint density at radius 3 is 2.65 bits per heavy atom. The van der Waals surface area contributed by atoms with Gasteiger partial charge in [-0.15, -0.1) is 6.58 Å². The average Bonchev–Trinajstić information content (AvgIpc) is 2.42. The van der Waals surface area contributed by atoms with Gasteiger partial charge in [0, 0.05) is 11.1 Å². The van der Waals surface area contributed by atoms with E-state index in [0.717, 1.165) is 6.07 Å². The Morgan fingerprint density at radius 1 is 1.40 bits per heavy atom. The van der Waals surface area contributed by atoms with Gasteiger partial charge in [-0.25, -0.2) is 13.6 Å². The summed E-state index contributed by atoms with van der Waals surface area (Å²) < 4.78 is 25.1. The van der Waals surface area contributed by atoms with E-state index in [1.54, 1.807) is 6.08 Å². The fraction of sp³-hybridized carbons (Fsp3) is 0.286. The number of alkyl halides is 2. The maximum Gasteiger partial charge on any atom is 0.326 e. The van der Waals surface area contributed by atoms with Crippen molar-refractivity contribution in [2.24, 2.45) is 0 Å². The second-order valence-corrected chi connectivity index (χ2v) is 4.16. The Bertz CT molecular complexity index is 503. The first-order valence-electron chi connectivity index (χ1n) is 5.98. The van der Waals surface area contributed by atoms with Crippen LogP contribution in [-0.2, 0) is 4.79 Å². The van der Waals surface area contributed by atoms with Crippen LogP contribution in [-0.4, -0.2) is 23.0 Å². The van der Waals surface area contributed by atoms with Crippen LogP contribution >= 0.6 is 0 Å². The van der Waals surface area contributed by atoms with Gasteiger partial charge in [0.2, 0.25) is 0 Å². The smallest absolute Gasteiger partial charge is 0.326 e. The van der Waals surface area contributed by atoms with Crippen molar-refractivity contribution in [2.75, 3.05) is 0 Å². The molecule has 1 amide bonds. The fourth-order valence-electron chi connectivity index (χ4n) is 1.60. The van der Waals surface area contributed by atoms with Crippen molar-refractivity contribution in [3.8, 4) is 0 Å². The molecule has 1 rings (SSSR count). The molecule has 20 heavy (non-hydrogen) atoms. The van der Waals surface area contributed by atoms with E-state index in [9.17, 15) is 18.4 Å². The van der Waals surface area contributed by atoms with Crippen LogP contribution in [0.1, 0.15) is 35.2 Å². The number of hydrogen-bond acceptors (Lipinski definition) is 2. The van der Waals surface area contributed by atoms with Crippen molar-refractivity contribution < 1.29 is 23.5 Å². The molecule has 1 atom stereocenters. The van der Waals surface area contributed by atoms with Crippen LogP contribution in [0.3, 0.4) is 0 Å². The third kappa shape index (κ3) is 4.46. The number of halogens is 2. The highest BCUT2D eigenvalue weighted by atomic mass is 19.3. The van der Waals surface area contributed by atoms with Gasteiger partial charge in [0.05, 0.1) is 0 Å². The molecule has 108 valence electrons. The highest BCUT2D eigenvalue weighted by molar-refractivity contribution is 5.96. The van der Waals surface area contributed by atoms with Crippen LogP contribution in [0.5, 0.6) is 0 Å². The number of carbonyl (C=O) groups excluding carboxylic acids is 1.